The standard InChI is InChI=1S/C22H18N4O5S2/c1-31-20(27)14-6-5-7-15(12-14)23-21(28)24-16-10-11-18-19(13-16)32-22(25-18)26-33(29,30)17-8-3-2-4-9-17/h2-13H,1H3,(H,25,26)(H2,23,24,28). The quantitative estimate of drug-likeness (QED) is 0.347. The molecule has 0 saturated carbocycles. The van der Waals surface area contributed by atoms with Gasteiger partial charge in [-0.25, -0.2) is 23.0 Å². The first-order chi connectivity index (χ1) is 15.8. The van der Waals surface area contributed by atoms with E-state index in [4.69, 9.17) is 0 Å². The van der Waals surface area contributed by atoms with Crippen molar-refractivity contribution >= 4 is 60.1 Å². The summed E-state index contributed by atoms with van der Waals surface area (Å²) in [6.45, 7) is 0. The number of hydrogen-bond donors (Lipinski definition) is 3. The number of aromatic nitrogens is 1. The van der Waals surface area contributed by atoms with Gasteiger partial charge in [-0.3, -0.25) is 4.72 Å². The highest BCUT2D eigenvalue weighted by atomic mass is 32.2. The second-order valence-electron chi connectivity index (χ2n) is 6.77. The van der Waals surface area contributed by atoms with Gasteiger partial charge < -0.3 is 15.4 Å². The highest BCUT2D eigenvalue weighted by molar-refractivity contribution is 7.93. The highest BCUT2D eigenvalue weighted by Crippen LogP contribution is 2.30. The molecule has 4 aromatic rings. The molecule has 1 heterocycles. The molecule has 3 aromatic carbocycles. The highest BCUT2D eigenvalue weighted by Gasteiger charge is 2.16. The number of methoxy groups -OCH3 is 1. The van der Waals surface area contributed by atoms with Crippen LogP contribution in [0.15, 0.2) is 77.7 Å². The average Bonchev–Trinajstić information content (AvgIpc) is 3.20. The summed E-state index contributed by atoms with van der Waals surface area (Å²) in [5.74, 6) is -0.506. The summed E-state index contributed by atoms with van der Waals surface area (Å²) < 4.78 is 32.9. The van der Waals surface area contributed by atoms with E-state index >= 15 is 0 Å². The number of nitrogens with one attached hydrogen (secondary N) is 3. The largest absolute Gasteiger partial charge is 0.465 e. The van der Waals surface area contributed by atoms with Crippen LogP contribution in [0, 0.1) is 0 Å². The van der Waals surface area contributed by atoms with Gasteiger partial charge in [-0.2, -0.15) is 0 Å². The minimum Gasteiger partial charge on any atom is -0.465 e. The van der Waals surface area contributed by atoms with E-state index < -0.39 is 22.0 Å². The number of fused-ring (bicyclic) bond motifs is 1. The molecule has 4 rings (SSSR count). The molecule has 0 fully saturated rings. The summed E-state index contributed by atoms with van der Waals surface area (Å²) in [6.07, 6.45) is 0. The molecule has 0 unspecified atom stereocenters. The van der Waals surface area contributed by atoms with Crippen LogP contribution in [0.4, 0.5) is 21.3 Å². The van der Waals surface area contributed by atoms with Gasteiger partial charge in [0.1, 0.15) is 0 Å². The van der Waals surface area contributed by atoms with E-state index in [0.717, 1.165) is 11.3 Å². The molecule has 9 nitrogen and oxygen atoms in total. The van der Waals surface area contributed by atoms with E-state index in [-0.39, 0.29) is 10.0 Å². The van der Waals surface area contributed by atoms with Crippen molar-refractivity contribution in [1.82, 2.24) is 4.98 Å². The van der Waals surface area contributed by atoms with Gasteiger partial charge in [0, 0.05) is 11.4 Å². The zero-order valence-corrected chi connectivity index (χ0v) is 18.9. The molecule has 0 radical (unpaired) electrons. The van der Waals surface area contributed by atoms with Crippen LogP contribution in [0.25, 0.3) is 10.2 Å². The zero-order chi connectivity index (χ0) is 23.4. The number of thiazole rings is 1. The Bertz CT molecular complexity index is 1440. The number of ether oxygens (including phenoxy) is 1. The van der Waals surface area contributed by atoms with Crippen molar-refractivity contribution in [2.24, 2.45) is 0 Å². The van der Waals surface area contributed by atoms with Gasteiger partial charge in [0.05, 0.1) is 27.8 Å². The first-order valence-corrected chi connectivity index (χ1v) is 11.9. The van der Waals surface area contributed by atoms with Crippen LogP contribution >= 0.6 is 11.3 Å². The van der Waals surface area contributed by atoms with Gasteiger partial charge in [0.25, 0.3) is 10.0 Å². The molecule has 1 aromatic heterocycles. The molecule has 33 heavy (non-hydrogen) atoms. The number of urea groups is 1. The number of esters is 1. The molecule has 0 atom stereocenters. The van der Waals surface area contributed by atoms with Gasteiger partial charge in [-0.05, 0) is 48.5 Å². The lowest BCUT2D eigenvalue weighted by Gasteiger charge is -2.08. The third-order valence-electron chi connectivity index (χ3n) is 4.46. The van der Waals surface area contributed by atoms with Crippen molar-refractivity contribution in [2.75, 3.05) is 22.5 Å². The number of carbonyl (C=O) groups excluding carboxylic acids is 2. The van der Waals surface area contributed by atoms with Crippen LogP contribution < -0.4 is 15.4 Å². The fourth-order valence-electron chi connectivity index (χ4n) is 2.95. The van der Waals surface area contributed by atoms with E-state index in [0.29, 0.717) is 27.2 Å². The van der Waals surface area contributed by atoms with E-state index in [2.05, 4.69) is 25.1 Å². The Hall–Kier alpha value is -3.96. The Morgan fingerprint density at radius 1 is 0.909 bits per heavy atom. The van der Waals surface area contributed by atoms with Crippen LogP contribution in [0.3, 0.4) is 0 Å². The molecule has 3 N–H and O–H groups in total. The molecule has 0 saturated heterocycles. The van der Waals surface area contributed by atoms with Crippen molar-refractivity contribution < 1.29 is 22.7 Å². The van der Waals surface area contributed by atoms with Gasteiger partial charge in [-0.15, -0.1) is 0 Å². The van der Waals surface area contributed by atoms with Crippen molar-refractivity contribution in [3.8, 4) is 0 Å². The lowest BCUT2D eigenvalue weighted by atomic mass is 10.2. The van der Waals surface area contributed by atoms with Gasteiger partial charge in [0.2, 0.25) is 0 Å². The summed E-state index contributed by atoms with van der Waals surface area (Å²) in [5, 5.41) is 5.57. The van der Waals surface area contributed by atoms with Crippen LogP contribution in [0.5, 0.6) is 0 Å². The van der Waals surface area contributed by atoms with E-state index in [9.17, 15) is 18.0 Å². The summed E-state index contributed by atoms with van der Waals surface area (Å²) in [5.41, 5.74) is 1.81. The summed E-state index contributed by atoms with van der Waals surface area (Å²) in [6, 6.07) is 18.9. The van der Waals surface area contributed by atoms with Crippen molar-refractivity contribution in [3.05, 3.63) is 78.4 Å². The monoisotopic (exact) mass is 482 g/mol. The maximum atomic E-state index is 12.5. The average molecular weight is 483 g/mol. The third-order valence-corrected chi connectivity index (χ3v) is 6.88. The number of anilines is 3. The van der Waals surface area contributed by atoms with Crippen molar-refractivity contribution in [2.45, 2.75) is 4.90 Å². The summed E-state index contributed by atoms with van der Waals surface area (Å²) in [7, 11) is -2.47. The predicted octanol–water partition coefficient (Wildman–Crippen LogP) is 4.53. The molecule has 0 aliphatic heterocycles. The van der Waals surface area contributed by atoms with Gasteiger partial charge in [-0.1, -0.05) is 35.6 Å². The molecule has 0 aliphatic rings. The fraction of sp³-hybridized carbons (Fsp3) is 0.0455. The Morgan fingerprint density at radius 3 is 2.36 bits per heavy atom. The number of sulfonamides is 1. The molecule has 0 bridgehead atoms. The Kier molecular flexibility index (Phi) is 6.24. The Labute approximate surface area is 193 Å². The summed E-state index contributed by atoms with van der Waals surface area (Å²) in [4.78, 5) is 28.5. The molecular formula is C22H18N4O5S2. The van der Waals surface area contributed by atoms with Crippen LogP contribution in [0.1, 0.15) is 10.4 Å². The lowest BCUT2D eigenvalue weighted by molar-refractivity contribution is 0.0600. The topological polar surface area (TPSA) is 126 Å². The minimum atomic E-state index is -3.75. The molecule has 0 aliphatic carbocycles. The first kappa shape index (κ1) is 22.2. The number of hydrogen-bond acceptors (Lipinski definition) is 7. The Morgan fingerprint density at radius 2 is 1.64 bits per heavy atom. The molecule has 168 valence electrons. The number of benzene rings is 3. The predicted molar refractivity (Wildman–Crippen MR) is 127 cm³/mol. The van der Waals surface area contributed by atoms with E-state index in [1.165, 1.54) is 25.3 Å². The normalized spacial score (nSPS) is 11.1. The van der Waals surface area contributed by atoms with Crippen LogP contribution in [-0.4, -0.2) is 32.5 Å². The number of amides is 2. The van der Waals surface area contributed by atoms with Gasteiger partial charge in [0.15, 0.2) is 5.13 Å². The first-order valence-electron chi connectivity index (χ1n) is 9.59. The SMILES string of the molecule is COC(=O)c1cccc(NC(=O)Nc2ccc3nc(NS(=O)(=O)c4ccccc4)sc3c2)c1. The number of carbonyl (C=O) groups is 2. The number of rotatable bonds is 6. The third kappa shape index (κ3) is 5.27. The van der Waals surface area contributed by atoms with Crippen LogP contribution in [0.2, 0.25) is 0 Å². The van der Waals surface area contributed by atoms with E-state index in [1.807, 2.05) is 0 Å². The number of nitrogens with zero attached hydrogens (tertiary/aromatic N) is 1. The van der Waals surface area contributed by atoms with Crippen LogP contribution in [-0.2, 0) is 14.8 Å². The second-order valence-corrected chi connectivity index (χ2v) is 9.48. The van der Waals surface area contributed by atoms with Crippen molar-refractivity contribution in [3.63, 3.8) is 0 Å². The maximum absolute atomic E-state index is 12.5. The lowest BCUT2D eigenvalue weighted by Crippen LogP contribution is -2.19. The van der Waals surface area contributed by atoms with Gasteiger partial charge >= 0.3 is 12.0 Å². The smallest absolute Gasteiger partial charge is 0.337 e. The maximum Gasteiger partial charge on any atom is 0.337 e. The minimum absolute atomic E-state index is 0.138. The Balaban J connectivity index is 1.46. The molecular weight excluding hydrogens is 464 g/mol. The fourth-order valence-corrected chi connectivity index (χ4v) is 5.12. The summed E-state index contributed by atoms with van der Waals surface area (Å²) >= 11 is 1.15. The van der Waals surface area contributed by atoms with E-state index in [1.54, 1.807) is 54.6 Å². The molecule has 0 spiro atoms. The molecule has 11 heteroatoms. The van der Waals surface area contributed by atoms with Crippen molar-refractivity contribution in [1.29, 1.82) is 0 Å². The molecule has 2 amide bonds. The second kappa shape index (κ2) is 9.27. The zero-order valence-electron chi connectivity index (χ0n) is 17.2.